The van der Waals surface area contributed by atoms with Crippen molar-refractivity contribution in [1.82, 2.24) is 0 Å². The summed E-state index contributed by atoms with van der Waals surface area (Å²) in [7, 11) is 2.01. The number of rotatable bonds is 3. The van der Waals surface area contributed by atoms with Crippen molar-refractivity contribution >= 4 is 21.9 Å². The van der Waals surface area contributed by atoms with E-state index in [1.165, 1.54) is 5.56 Å². The Kier molecular flexibility index (Phi) is 4.20. The Morgan fingerprint density at radius 1 is 1.15 bits per heavy atom. The van der Waals surface area contributed by atoms with Gasteiger partial charge in [0.1, 0.15) is 24.3 Å². The van der Waals surface area contributed by atoms with Crippen LogP contribution in [0.2, 0.25) is 0 Å². The first-order valence-corrected chi connectivity index (χ1v) is 9.34. The van der Waals surface area contributed by atoms with E-state index < -0.39 is 0 Å². The van der Waals surface area contributed by atoms with Gasteiger partial charge in [-0.05, 0) is 42.5 Å². The van der Waals surface area contributed by atoms with E-state index in [1.54, 1.807) is 0 Å². The normalized spacial score (nSPS) is 11.4. The second kappa shape index (κ2) is 6.55. The van der Waals surface area contributed by atoms with Crippen LogP contribution in [0.1, 0.15) is 30.5 Å². The van der Waals surface area contributed by atoms with Crippen LogP contribution < -0.4 is 4.57 Å². The third-order valence-electron chi connectivity index (χ3n) is 5.12. The van der Waals surface area contributed by atoms with E-state index in [1.807, 2.05) is 32.3 Å². The maximum absolute atomic E-state index is 10.1. The van der Waals surface area contributed by atoms with Crippen LogP contribution in [0.5, 0.6) is 0 Å². The second-order valence-corrected chi connectivity index (χ2v) is 7.62. The number of fused-ring (bicyclic) bond motifs is 3. The molecule has 0 amide bonds. The number of furan rings is 1. The molecule has 3 nitrogen and oxygen atoms in total. The molecule has 2 aromatic heterocycles. The van der Waals surface area contributed by atoms with Crippen LogP contribution in [-0.2, 0) is 13.5 Å². The summed E-state index contributed by atoms with van der Waals surface area (Å²) in [5, 5.41) is 12.0. The molecule has 2 aromatic carbocycles. The van der Waals surface area contributed by atoms with Gasteiger partial charge in [-0.3, -0.25) is 0 Å². The van der Waals surface area contributed by atoms with Crippen molar-refractivity contribution < 1.29 is 8.98 Å². The van der Waals surface area contributed by atoms with Crippen molar-refractivity contribution in [3.8, 4) is 17.3 Å². The van der Waals surface area contributed by atoms with E-state index in [2.05, 4.69) is 54.8 Å². The predicted octanol–water partition coefficient (Wildman–Crippen LogP) is 5.46. The third-order valence-corrected chi connectivity index (χ3v) is 5.12. The van der Waals surface area contributed by atoms with Crippen molar-refractivity contribution in [2.24, 2.45) is 13.0 Å². The molecular formula is C24H23N2O+. The molecule has 0 N–H and O–H groups in total. The first-order valence-electron chi connectivity index (χ1n) is 9.34. The Morgan fingerprint density at radius 2 is 1.96 bits per heavy atom. The third kappa shape index (κ3) is 2.78. The van der Waals surface area contributed by atoms with Crippen LogP contribution in [-0.4, -0.2) is 0 Å². The summed E-state index contributed by atoms with van der Waals surface area (Å²) in [6, 6.07) is 16.9. The van der Waals surface area contributed by atoms with Gasteiger partial charge in [-0.25, -0.2) is 4.57 Å². The lowest BCUT2D eigenvalue weighted by molar-refractivity contribution is -0.660. The molecule has 27 heavy (non-hydrogen) atoms. The number of pyridine rings is 1. The summed E-state index contributed by atoms with van der Waals surface area (Å²) in [6.45, 7) is 6.46. The SMILES string of the molecule is Cc1cc2oc3c(CC(C)C)cccc3c2c(C#N)c1-c1cccc[n+]1C. The number of nitriles is 1. The monoisotopic (exact) mass is 355 g/mol. The summed E-state index contributed by atoms with van der Waals surface area (Å²) in [5.74, 6) is 0.542. The molecule has 3 heteroatoms. The molecule has 0 unspecified atom stereocenters. The van der Waals surface area contributed by atoms with E-state index in [4.69, 9.17) is 4.42 Å². The van der Waals surface area contributed by atoms with E-state index in [0.717, 1.165) is 45.2 Å². The molecule has 0 spiro atoms. The van der Waals surface area contributed by atoms with Gasteiger partial charge in [-0.15, -0.1) is 0 Å². The Bertz CT molecular complexity index is 1210. The average molecular weight is 355 g/mol. The van der Waals surface area contributed by atoms with Crippen LogP contribution in [0, 0.1) is 24.2 Å². The minimum Gasteiger partial charge on any atom is -0.456 e. The van der Waals surface area contributed by atoms with Gasteiger partial charge in [-0.1, -0.05) is 32.0 Å². The van der Waals surface area contributed by atoms with Gasteiger partial charge < -0.3 is 4.42 Å². The zero-order valence-corrected chi connectivity index (χ0v) is 16.2. The largest absolute Gasteiger partial charge is 0.456 e. The molecule has 0 saturated heterocycles. The minimum absolute atomic E-state index is 0.542. The lowest BCUT2D eigenvalue weighted by Gasteiger charge is -2.07. The molecule has 134 valence electrons. The second-order valence-electron chi connectivity index (χ2n) is 7.62. The molecule has 4 rings (SSSR count). The number of nitrogens with zero attached hydrogens (tertiary/aromatic N) is 2. The summed E-state index contributed by atoms with van der Waals surface area (Å²) in [5.41, 5.74) is 6.64. The number of hydrogen-bond acceptors (Lipinski definition) is 2. The topological polar surface area (TPSA) is 40.8 Å². The van der Waals surface area contributed by atoms with Gasteiger partial charge in [0.05, 0.1) is 11.1 Å². The van der Waals surface area contributed by atoms with E-state index >= 15 is 0 Å². The van der Waals surface area contributed by atoms with Gasteiger partial charge in [0.25, 0.3) is 0 Å². The maximum atomic E-state index is 10.1. The molecule has 0 aliphatic carbocycles. The van der Waals surface area contributed by atoms with Gasteiger partial charge >= 0.3 is 0 Å². The number of aryl methyl sites for hydroxylation is 2. The fourth-order valence-corrected chi connectivity index (χ4v) is 3.97. The van der Waals surface area contributed by atoms with Crippen molar-refractivity contribution in [3.63, 3.8) is 0 Å². The van der Waals surface area contributed by atoms with Crippen molar-refractivity contribution in [3.05, 3.63) is 65.4 Å². The Balaban J connectivity index is 2.12. The first kappa shape index (κ1) is 17.3. The maximum Gasteiger partial charge on any atom is 0.213 e. The fraction of sp³-hybridized carbons (Fsp3) is 0.250. The highest BCUT2D eigenvalue weighted by Crippen LogP contribution is 2.39. The molecule has 0 fully saturated rings. The van der Waals surface area contributed by atoms with Crippen molar-refractivity contribution in [2.45, 2.75) is 27.2 Å². The van der Waals surface area contributed by atoms with Crippen LogP contribution in [0.3, 0.4) is 0 Å². The van der Waals surface area contributed by atoms with Crippen molar-refractivity contribution in [2.75, 3.05) is 0 Å². The molecule has 4 aromatic rings. The number of benzene rings is 2. The molecular weight excluding hydrogens is 332 g/mol. The molecule has 2 heterocycles. The van der Waals surface area contributed by atoms with Crippen LogP contribution in [0.4, 0.5) is 0 Å². The Labute approximate surface area is 159 Å². The smallest absolute Gasteiger partial charge is 0.213 e. The summed E-state index contributed by atoms with van der Waals surface area (Å²) in [6.07, 6.45) is 2.97. The average Bonchev–Trinajstić information content (AvgIpc) is 3.00. The highest BCUT2D eigenvalue weighted by atomic mass is 16.3. The Morgan fingerprint density at radius 3 is 2.67 bits per heavy atom. The molecule has 0 bridgehead atoms. The number of aromatic nitrogens is 1. The summed E-state index contributed by atoms with van der Waals surface area (Å²) in [4.78, 5) is 0. The molecule has 0 aliphatic heterocycles. The van der Waals surface area contributed by atoms with Crippen LogP contribution in [0.25, 0.3) is 33.2 Å². The van der Waals surface area contributed by atoms with Crippen LogP contribution in [0.15, 0.2) is 53.1 Å². The van der Waals surface area contributed by atoms with Gasteiger partial charge in [0, 0.05) is 22.9 Å². The van der Waals surface area contributed by atoms with E-state index in [0.29, 0.717) is 11.5 Å². The lowest BCUT2D eigenvalue weighted by Crippen LogP contribution is -2.30. The molecule has 0 saturated carbocycles. The quantitative estimate of drug-likeness (QED) is 0.458. The number of hydrogen-bond donors (Lipinski definition) is 0. The highest BCUT2D eigenvalue weighted by molar-refractivity contribution is 6.11. The highest BCUT2D eigenvalue weighted by Gasteiger charge is 2.23. The van der Waals surface area contributed by atoms with Gasteiger partial charge in [0.2, 0.25) is 5.69 Å². The van der Waals surface area contributed by atoms with Gasteiger partial charge in [0.15, 0.2) is 6.20 Å². The summed E-state index contributed by atoms with van der Waals surface area (Å²) < 4.78 is 8.33. The molecule has 0 atom stereocenters. The minimum atomic E-state index is 0.542. The molecule has 0 radical (unpaired) electrons. The van der Waals surface area contributed by atoms with E-state index in [-0.39, 0.29) is 0 Å². The molecule has 0 aliphatic rings. The van der Waals surface area contributed by atoms with Crippen LogP contribution >= 0.6 is 0 Å². The zero-order valence-electron chi connectivity index (χ0n) is 16.2. The zero-order chi connectivity index (χ0) is 19.1. The predicted molar refractivity (Wildman–Crippen MR) is 108 cm³/mol. The number of para-hydroxylation sites is 1. The summed E-state index contributed by atoms with van der Waals surface area (Å²) >= 11 is 0. The Hall–Kier alpha value is -3.12. The van der Waals surface area contributed by atoms with E-state index in [9.17, 15) is 5.26 Å². The first-order chi connectivity index (χ1) is 13.0. The standard InChI is InChI=1S/C24H23N2O/c1-15(2)12-17-8-7-9-18-23-19(14-25)22(20-10-5-6-11-26(20)4)16(3)13-21(23)27-24(17)18/h5-11,13,15H,12H2,1-4H3/q+1. The fourth-order valence-electron chi connectivity index (χ4n) is 3.97. The van der Waals surface area contributed by atoms with Gasteiger partial charge in [-0.2, -0.15) is 5.26 Å². The lowest BCUT2D eigenvalue weighted by atomic mass is 9.93. The van der Waals surface area contributed by atoms with Crippen molar-refractivity contribution in [1.29, 1.82) is 5.26 Å².